The smallest absolute Gasteiger partial charge is 0.186 e. The summed E-state index contributed by atoms with van der Waals surface area (Å²) in [6, 6.07) is 3.44. The van der Waals surface area contributed by atoms with Gasteiger partial charge in [-0.3, -0.25) is 4.79 Å². The third-order valence-electron chi connectivity index (χ3n) is 2.92. The average molecular weight is 256 g/mol. The predicted octanol–water partition coefficient (Wildman–Crippen LogP) is 2.84. The summed E-state index contributed by atoms with van der Waals surface area (Å²) in [6.07, 6.45) is 0. The molecule has 0 fully saturated rings. The van der Waals surface area contributed by atoms with Gasteiger partial charge in [0, 0.05) is 5.02 Å². The largest absolute Gasteiger partial charge is 0.496 e. The summed E-state index contributed by atoms with van der Waals surface area (Å²) in [5.74, 6) is 0.513. The van der Waals surface area contributed by atoms with Crippen molar-refractivity contribution in [1.82, 2.24) is 5.32 Å². The molecule has 0 bridgehead atoms. The predicted molar refractivity (Wildman–Crippen MR) is 70.2 cm³/mol. The van der Waals surface area contributed by atoms with Crippen molar-refractivity contribution in [3.8, 4) is 5.75 Å². The highest BCUT2D eigenvalue weighted by atomic mass is 35.5. The van der Waals surface area contributed by atoms with Gasteiger partial charge in [-0.15, -0.1) is 0 Å². The van der Waals surface area contributed by atoms with Crippen molar-refractivity contribution in [3.63, 3.8) is 0 Å². The minimum Gasteiger partial charge on any atom is -0.496 e. The van der Waals surface area contributed by atoms with Gasteiger partial charge in [0.25, 0.3) is 0 Å². The number of rotatable bonds is 4. The zero-order chi connectivity index (χ0) is 13.2. The molecule has 4 heteroatoms. The van der Waals surface area contributed by atoms with Crippen LogP contribution in [0.4, 0.5) is 0 Å². The van der Waals surface area contributed by atoms with Crippen molar-refractivity contribution in [2.45, 2.75) is 26.3 Å². The second kappa shape index (κ2) is 5.07. The van der Waals surface area contributed by atoms with Crippen molar-refractivity contribution in [2.75, 3.05) is 14.2 Å². The molecule has 3 nitrogen and oxygen atoms in total. The van der Waals surface area contributed by atoms with Gasteiger partial charge < -0.3 is 10.1 Å². The summed E-state index contributed by atoms with van der Waals surface area (Å²) in [7, 11) is 3.30. The molecule has 0 saturated heterocycles. The molecule has 0 radical (unpaired) electrons. The number of carbonyl (C=O) groups excluding carboxylic acids is 1. The van der Waals surface area contributed by atoms with Crippen molar-refractivity contribution in [1.29, 1.82) is 0 Å². The molecule has 0 aromatic heterocycles. The van der Waals surface area contributed by atoms with Crippen LogP contribution < -0.4 is 10.1 Å². The van der Waals surface area contributed by atoms with Gasteiger partial charge >= 0.3 is 0 Å². The number of carbonyl (C=O) groups is 1. The second-order valence-corrected chi connectivity index (χ2v) is 4.91. The fourth-order valence-corrected chi connectivity index (χ4v) is 1.62. The fraction of sp³-hybridized carbons (Fsp3) is 0.462. The van der Waals surface area contributed by atoms with E-state index in [-0.39, 0.29) is 5.78 Å². The number of ether oxygens (including phenoxy) is 1. The highest BCUT2D eigenvalue weighted by molar-refractivity contribution is 6.32. The van der Waals surface area contributed by atoms with Crippen LogP contribution in [-0.4, -0.2) is 25.5 Å². The summed E-state index contributed by atoms with van der Waals surface area (Å²) in [5, 5.41) is 3.55. The number of nitrogens with one attached hydrogen (secondary N) is 1. The Morgan fingerprint density at radius 3 is 2.47 bits per heavy atom. The van der Waals surface area contributed by atoms with Gasteiger partial charge in [0.1, 0.15) is 5.75 Å². The molecule has 0 unspecified atom stereocenters. The summed E-state index contributed by atoms with van der Waals surface area (Å²) >= 11 is 6.05. The Morgan fingerprint density at radius 2 is 2.00 bits per heavy atom. The second-order valence-electron chi connectivity index (χ2n) is 4.51. The molecule has 0 atom stereocenters. The van der Waals surface area contributed by atoms with Crippen LogP contribution in [0, 0.1) is 6.92 Å². The minimum atomic E-state index is -0.647. The van der Waals surface area contributed by atoms with Crippen LogP contribution >= 0.6 is 11.6 Å². The number of hydrogen-bond acceptors (Lipinski definition) is 3. The highest BCUT2D eigenvalue weighted by Crippen LogP contribution is 2.29. The van der Waals surface area contributed by atoms with Crippen molar-refractivity contribution in [3.05, 3.63) is 28.3 Å². The maximum Gasteiger partial charge on any atom is 0.186 e. The third kappa shape index (κ3) is 2.79. The van der Waals surface area contributed by atoms with Crippen molar-refractivity contribution in [2.24, 2.45) is 0 Å². The third-order valence-corrected chi connectivity index (χ3v) is 3.33. The molecule has 0 saturated carbocycles. The molecule has 1 rings (SSSR count). The fourth-order valence-electron chi connectivity index (χ4n) is 1.45. The van der Waals surface area contributed by atoms with Gasteiger partial charge in [-0.2, -0.15) is 0 Å². The Morgan fingerprint density at radius 1 is 1.41 bits per heavy atom. The molecule has 0 amide bonds. The van der Waals surface area contributed by atoms with E-state index in [1.54, 1.807) is 26.3 Å². The van der Waals surface area contributed by atoms with Gasteiger partial charge in [-0.25, -0.2) is 0 Å². The van der Waals surface area contributed by atoms with Crippen molar-refractivity contribution >= 4 is 17.4 Å². The number of benzene rings is 1. The average Bonchev–Trinajstić information content (AvgIpc) is 2.31. The Labute approximate surface area is 107 Å². The molecule has 0 aliphatic rings. The molecule has 1 aromatic rings. The molecule has 0 aliphatic carbocycles. The molecule has 0 heterocycles. The molecule has 0 spiro atoms. The summed E-state index contributed by atoms with van der Waals surface area (Å²) in [4.78, 5) is 12.3. The van der Waals surface area contributed by atoms with Crippen LogP contribution in [-0.2, 0) is 0 Å². The standard InChI is InChI=1S/C13H18ClNO2/c1-8-6-11(17-5)9(7-10(8)14)12(16)13(2,3)15-4/h6-7,15H,1-5H3. The van der Waals surface area contributed by atoms with Crippen LogP contribution in [0.5, 0.6) is 5.75 Å². The van der Waals surface area contributed by atoms with E-state index in [0.29, 0.717) is 16.3 Å². The topological polar surface area (TPSA) is 38.3 Å². The molecular formula is C13H18ClNO2. The first kappa shape index (κ1) is 14.0. The minimum absolute atomic E-state index is 0.0428. The van der Waals surface area contributed by atoms with Crippen LogP contribution in [0.2, 0.25) is 5.02 Å². The Bertz CT molecular complexity index is 441. The molecule has 0 aliphatic heterocycles. The highest BCUT2D eigenvalue weighted by Gasteiger charge is 2.29. The van der Waals surface area contributed by atoms with Crippen LogP contribution in [0.15, 0.2) is 12.1 Å². The quantitative estimate of drug-likeness (QED) is 0.841. The van der Waals surface area contributed by atoms with Gasteiger partial charge in [-0.1, -0.05) is 11.6 Å². The zero-order valence-corrected chi connectivity index (χ0v) is 11.6. The van der Waals surface area contributed by atoms with Crippen LogP contribution in [0.3, 0.4) is 0 Å². The molecule has 1 N–H and O–H groups in total. The van der Waals surface area contributed by atoms with E-state index >= 15 is 0 Å². The normalized spacial score (nSPS) is 11.4. The zero-order valence-electron chi connectivity index (χ0n) is 10.8. The number of aryl methyl sites for hydroxylation is 1. The number of halogens is 1. The Hall–Kier alpha value is -1.06. The maximum atomic E-state index is 12.3. The van der Waals surface area contributed by atoms with E-state index in [9.17, 15) is 4.79 Å². The van der Waals surface area contributed by atoms with E-state index in [1.807, 2.05) is 20.8 Å². The molecule has 1 aromatic carbocycles. The monoisotopic (exact) mass is 255 g/mol. The van der Waals surface area contributed by atoms with Crippen LogP contribution in [0.25, 0.3) is 0 Å². The van der Waals surface area contributed by atoms with E-state index in [4.69, 9.17) is 16.3 Å². The van der Waals surface area contributed by atoms with Gasteiger partial charge in [0.05, 0.1) is 18.2 Å². The summed E-state index contributed by atoms with van der Waals surface area (Å²) in [5.41, 5.74) is 0.746. The lowest BCUT2D eigenvalue weighted by Crippen LogP contribution is -2.44. The van der Waals surface area contributed by atoms with Gasteiger partial charge in [0.2, 0.25) is 0 Å². The lowest BCUT2D eigenvalue weighted by atomic mass is 9.92. The number of Topliss-reactive ketones (excluding diaryl/α,β-unsaturated/α-hetero) is 1. The molecule has 94 valence electrons. The number of likely N-dealkylation sites (N-methyl/N-ethyl adjacent to an activating group) is 1. The number of methoxy groups -OCH3 is 1. The van der Waals surface area contributed by atoms with Gasteiger partial charge in [0.15, 0.2) is 5.78 Å². The first-order valence-electron chi connectivity index (χ1n) is 5.41. The van der Waals surface area contributed by atoms with Gasteiger partial charge in [-0.05, 0) is 45.5 Å². The Kier molecular flexibility index (Phi) is 4.17. The Balaban J connectivity index is 3.31. The van der Waals surface area contributed by atoms with Crippen LogP contribution in [0.1, 0.15) is 29.8 Å². The van der Waals surface area contributed by atoms with E-state index < -0.39 is 5.54 Å². The molecular weight excluding hydrogens is 238 g/mol. The molecule has 17 heavy (non-hydrogen) atoms. The number of ketones is 1. The van der Waals surface area contributed by atoms with E-state index in [2.05, 4.69) is 5.32 Å². The lowest BCUT2D eigenvalue weighted by molar-refractivity contribution is 0.0886. The number of hydrogen-bond donors (Lipinski definition) is 1. The lowest BCUT2D eigenvalue weighted by Gasteiger charge is -2.23. The first-order valence-corrected chi connectivity index (χ1v) is 5.79. The summed E-state index contributed by atoms with van der Waals surface area (Å²) < 4.78 is 5.23. The summed E-state index contributed by atoms with van der Waals surface area (Å²) in [6.45, 7) is 5.52. The maximum absolute atomic E-state index is 12.3. The first-order chi connectivity index (χ1) is 7.83. The van der Waals surface area contributed by atoms with E-state index in [1.165, 1.54) is 0 Å². The van der Waals surface area contributed by atoms with E-state index in [0.717, 1.165) is 5.56 Å². The van der Waals surface area contributed by atoms with Crippen molar-refractivity contribution < 1.29 is 9.53 Å². The SMILES string of the molecule is CNC(C)(C)C(=O)c1cc(Cl)c(C)cc1OC.